The lowest BCUT2D eigenvalue weighted by atomic mass is 9.88. The Morgan fingerprint density at radius 2 is 1.96 bits per heavy atom. The van der Waals surface area contributed by atoms with E-state index in [-0.39, 0.29) is 23.6 Å². The molecule has 1 aliphatic rings. The average molecular weight is 365 g/mol. The maximum atomic E-state index is 12.1. The van der Waals surface area contributed by atoms with Crippen molar-refractivity contribution in [3.05, 3.63) is 24.3 Å². The molecule has 3 atom stereocenters. The van der Waals surface area contributed by atoms with Crippen LogP contribution in [0.1, 0.15) is 78.1 Å². The fourth-order valence-electron chi connectivity index (χ4n) is 3.36. The first-order chi connectivity index (χ1) is 12.6. The van der Waals surface area contributed by atoms with Gasteiger partial charge in [-0.15, -0.1) is 0 Å². The summed E-state index contributed by atoms with van der Waals surface area (Å²) in [5, 5.41) is 10.0. The minimum absolute atomic E-state index is 0.0131. The molecule has 1 N–H and O–H groups in total. The molecule has 0 fully saturated rings. The van der Waals surface area contributed by atoms with Crippen LogP contribution in [-0.2, 0) is 14.3 Å². The maximum Gasteiger partial charge on any atom is 0.305 e. The van der Waals surface area contributed by atoms with Gasteiger partial charge in [-0.25, -0.2) is 0 Å². The highest BCUT2D eigenvalue weighted by Crippen LogP contribution is 2.29. The van der Waals surface area contributed by atoms with Crippen molar-refractivity contribution in [3.63, 3.8) is 0 Å². The number of hydrogen-bond acceptors (Lipinski definition) is 4. The first kappa shape index (κ1) is 22.6. The predicted molar refractivity (Wildman–Crippen MR) is 105 cm³/mol. The minimum atomic E-state index is -0.408. The highest BCUT2D eigenvalue weighted by Gasteiger charge is 2.27. The second-order valence-electron chi connectivity index (χ2n) is 7.15. The van der Waals surface area contributed by atoms with Crippen LogP contribution in [-0.4, -0.2) is 29.6 Å². The second-order valence-corrected chi connectivity index (χ2v) is 7.15. The Kier molecular flexibility index (Phi) is 12.0. The third kappa shape index (κ3) is 9.33. The Hall–Kier alpha value is -1.42. The first-order valence-electron chi connectivity index (χ1n) is 10.3. The number of ether oxygens (including phenoxy) is 1. The summed E-state index contributed by atoms with van der Waals surface area (Å²) in [5.74, 6) is 0.207. The number of aliphatic hydroxyl groups is 1. The Labute approximate surface area is 158 Å². The van der Waals surface area contributed by atoms with Crippen LogP contribution in [0.15, 0.2) is 24.3 Å². The molecule has 4 nitrogen and oxygen atoms in total. The molecule has 1 rings (SSSR count). The van der Waals surface area contributed by atoms with Gasteiger partial charge in [0, 0.05) is 18.3 Å². The van der Waals surface area contributed by atoms with Gasteiger partial charge in [0.05, 0.1) is 12.7 Å². The molecule has 0 aromatic heterocycles. The number of esters is 1. The minimum Gasteiger partial charge on any atom is -0.466 e. The molecular weight excluding hydrogens is 328 g/mol. The van der Waals surface area contributed by atoms with Gasteiger partial charge in [-0.05, 0) is 32.3 Å². The van der Waals surface area contributed by atoms with Crippen LogP contribution >= 0.6 is 0 Å². The molecule has 0 heterocycles. The molecule has 0 aliphatic heterocycles. The lowest BCUT2D eigenvalue weighted by molar-refractivity contribution is -0.143. The molecule has 0 bridgehead atoms. The molecule has 0 radical (unpaired) electrons. The van der Waals surface area contributed by atoms with Gasteiger partial charge in [0.2, 0.25) is 0 Å². The molecule has 1 unspecified atom stereocenters. The van der Waals surface area contributed by atoms with Crippen LogP contribution in [0.25, 0.3) is 0 Å². The van der Waals surface area contributed by atoms with Gasteiger partial charge in [-0.3, -0.25) is 9.59 Å². The third-order valence-corrected chi connectivity index (χ3v) is 4.92. The molecule has 0 saturated carbocycles. The van der Waals surface area contributed by atoms with Crippen molar-refractivity contribution in [3.8, 4) is 0 Å². The van der Waals surface area contributed by atoms with E-state index in [9.17, 15) is 14.7 Å². The van der Waals surface area contributed by atoms with Crippen molar-refractivity contribution < 1.29 is 19.4 Å². The molecule has 1 aliphatic carbocycles. The van der Waals surface area contributed by atoms with Gasteiger partial charge in [0.1, 0.15) is 0 Å². The highest BCUT2D eigenvalue weighted by atomic mass is 16.5. The Morgan fingerprint density at radius 3 is 2.69 bits per heavy atom. The van der Waals surface area contributed by atoms with Crippen molar-refractivity contribution in [2.75, 3.05) is 6.61 Å². The van der Waals surface area contributed by atoms with Crippen LogP contribution in [0, 0.1) is 11.8 Å². The number of carbonyl (C=O) groups is 2. The van der Waals surface area contributed by atoms with Crippen molar-refractivity contribution in [1.29, 1.82) is 0 Å². The van der Waals surface area contributed by atoms with Crippen LogP contribution < -0.4 is 0 Å². The number of rotatable bonds is 14. The fraction of sp³-hybridized carbons (Fsp3) is 0.727. The second kappa shape index (κ2) is 13.7. The topological polar surface area (TPSA) is 63.6 Å². The molecule has 0 saturated heterocycles. The highest BCUT2D eigenvalue weighted by molar-refractivity contribution is 5.94. The van der Waals surface area contributed by atoms with E-state index in [0.29, 0.717) is 13.0 Å². The molecule has 26 heavy (non-hydrogen) atoms. The number of allylic oxidation sites excluding steroid dienone is 3. The lowest BCUT2D eigenvalue weighted by Crippen LogP contribution is -2.15. The van der Waals surface area contributed by atoms with E-state index in [2.05, 4.69) is 6.92 Å². The van der Waals surface area contributed by atoms with Gasteiger partial charge in [0.25, 0.3) is 0 Å². The number of hydrogen-bond donors (Lipinski definition) is 1. The Bertz CT molecular complexity index is 467. The Morgan fingerprint density at radius 1 is 1.19 bits per heavy atom. The standard InChI is InChI=1S/C22H36O4/c1-3-5-8-11-19(23)16-14-18-15-17-21(24)20(18)12-9-6-7-10-13-22(25)26-4-2/h14-20,23H,3-13H2,1-2H3/b16-14+/t18-,19?,20-/m0/s1. The van der Waals surface area contributed by atoms with E-state index in [1.807, 2.05) is 25.2 Å². The van der Waals surface area contributed by atoms with Gasteiger partial charge >= 0.3 is 5.97 Å². The van der Waals surface area contributed by atoms with E-state index in [4.69, 9.17) is 4.74 Å². The summed E-state index contributed by atoms with van der Waals surface area (Å²) in [7, 11) is 0. The molecule has 0 aromatic carbocycles. The van der Waals surface area contributed by atoms with Gasteiger partial charge in [-0.2, -0.15) is 0 Å². The largest absolute Gasteiger partial charge is 0.466 e. The normalized spacial score (nSPS) is 20.8. The van der Waals surface area contributed by atoms with Gasteiger partial charge in [-0.1, -0.05) is 63.7 Å². The van der Waals surface area contributed by atoms with Crippen LogP contribution in [0.2, 0.25) is 0 Å². The van der Waals surface area contributed by atoms with Crippen LogP contribution in [0.5, 0.6) is 0 Å². The smallest absolute Gasteiger partial charge is 0.305 e. The number of carbonyl (C=O) groups excluding carboxylic acids is 2. The van der Waals surface area contributed by atoms with E-state index in [1.54, 1.807) is 6.08 Å². The van der Waals surface area contributed by atoms with Crippen molar-refractivity contribution >= 4 is 11.8 Å². The molecule has 0 spiro atoms. The zero-order chi connectivity index (χ0) is 19.2. The zero-order valence-electron chi connectivity index (χ0n) is 16.5. The number of unbranched alkanes of at least 4 members (excludes halogenated alkanes) is 5. The predicted octanol–water partition coefficient (Wildman–Crippen LogP) is 4.76. The van der Waals surface area contributed by atoms with Crippen molar-refractivity contribution in [2.45, 2.75) is 84.2 Å². The number of ketones is 1. The van der Waals surface area contributed by atoms with Gasteiger partial charge < -0.3 is 9.84 Å². The monoisotopic (exact) mass is 364 g/mol. The van der Waals surface area contributed by atoms with Crippen LogP contribution in [0.4, 0.5) is 0 Å². The zero-order valence-corrected chi connectivity index (χ0v) is 16.5. The van der Waals surface area contributed by atoms with E-state index in [0.717, 1.165) is 57.8 Å². The summed E-state index contributed by atoms with van der Waals surface area (Å²) in [6.45, 7) is 4.41. The van der Waals surface area contributed by atoms with Crippen molar-refractivity contribution in [2.24, 2.45) is 11.8 Å². The SMILES string of the molecule is CCCCCC(O)/C=C/[C@H]1C=CC(=O)[C@H]1CCCCCCC(=O)OCC. The van der Waals surface area contributed by atoms with Gasteiger partial charge in [0.15, 0.2) is 5.78 Å². The van der Waals surface area contributed by atoms with E-state index < -0.39 is 6.10 Å². The first-order valence-corrected chi connectivity index (χ1v) is 10.3. The number of aliphatic hydroxyl groups excluding tert-OH is 1. The molecule has 0 amide bonds. The summed E-state index contributed by atoms with van der Waals surface area (Å²) < 4.78 is 4.91. The quantitative estimate of drug-likeness (QED) is 0.274. The Balaban J connectivity index is 2.25. The molecule has 0 aromatic rings. The summed E-state index contributed by atoms with van der Waals surface area (Å²) in [5.41, 5.74) is 0. The van der Waals surface area contributed by atoms with E-state index in [1.165, 1.54) is 0 Å². The van der Waals surface area contributed by atoms with E-state index >= 15 is 0 Å². The fourth-order valence-corrected chi connectivity index (χ4v) is 3.36. The molecular formula is C22H36O4. The maximum absolute atomic E-state index is 12.1. The summed E-state index contributed by atoms with van der Waals surface area (Å²) >= 11 is 0. The molecule has 148 valence electrons. The average Bonchev–Trinajstić information content (AvgIpc) is 2.96. The summed E-state index contributed by atoms with van der Waals surface area (Å²) in [6.07, 6.45) is 16.4. The van der Waals surface area contributed by atoms with Crippen molar-refractivity contribution in [1.82, 2.24) is 0 Å². The molecule has 4 heteroatoms. The summed E-state index contributed by atoms with van der Waals surface area (Å²) in [6, 6.07) is 0. The third-order valence-electron chi connectivity index (χ3n) is 4.92. The lowest BCUT2D eigenvalue weighted by Gasteiger charge is -2.15. The van der Waals surface area contributed by atoms with Crippen LogP contribution in [0.3, 0.4) is 0 Å². The summed E-state index contributed by atoms with van der Waals surface area (Å²) in [4.78, 5) is 23.4.